The highest BCUT2D eigenvalue weighted by Gasteiger charge is 2.08. The normalized spacial score (nSPS) is 10.5. The Morgan fingerprint density at radius 2 is 1.85 bits per heavy atom. The van der Waals surface area contributed by atoms with Crippen molar-refractivity contribution < 1.29 is 4.79 Å². The quantitative estimate of drug-likeness (QED) is 0.652. The lowest BCUT2D eigenvalue weighted by atomic mass is 10.2. The Morgan fingerprint density at radius 3 is 2.58 bits per heavy atom. The molecule has 0 fully saturated rings. The number of hydrogen-bond donors (Lipinski definition) is 2. The van der Waals surface area contributed by atoms with Crippen LogP contribution in [0.25, 0.3) is 0 Å². The molecule has 0 atom stereocenters. The first-order chi connectivity index (χ1) is 12.8. The molecule has 0 aliphatic rings. The first kappa shape index (κ1) is 17.6. The van der Waals surface area contributed by atoms with Crippen molar-refractivity contribution in [3.05, 3.63) is 72.1 Å². The van der Waals surface area contributed by atoms with Crippen LogP contribution in [0.1, 0.15) is 35.1 Å². The molecule has 0 radical (unpaired) electrons. The van der Waals surface area contributed by atoms with E-state index in [0.29, 0.717) is 18.7 Å². The first-order valence-corrected chi connectivity index (χ1v) is 8.64. The SMILES string of the molecule is CCCn1cnnc1CNC(=O)c1ccc(NCc2ccncc2)cc1. The molecule has 7 nitrogen and oxygen atoms in total. The maximum Gasteiger partial charge on any atom is 0.251 e. The minimum atomic E-state index is -0.128. The number of benzene rings is 1. The van der Waals surface area contributed by atoms with Gasteiger partial charge >= 0.3 is 0 Å². The van der Waals surface area contributed by atoms with Gasteiger partial charge in [0.15, 0.2) is 5.82 Å². The van der Waals surface area contributed by atoms with Gasteiger partial charge in [-0.2, -0.15) is 0 Å². The lowest BCUT2D eigenvalue weighted by molar-refractivity contribution is 0.0949. The number of hydrogen-bond acceptors (Lipinski definition) is 5. The molecule has 1 aromatic carbocycles. The van der Waals surface area contributed by atoms with Gasteiger partial charge in [-0.05, 0) is 48.4 Å². The molecule has 26 heavy (non-hydrogen) atoms. The largest absolute Gasteiger partial charge is 0.381 e. The average Bonchev–Trinajstić information content (AvgIpc) is 3.13. The summed E-state index contributed by atoms with van der Waals surface area (Å²) in [7, 11) is 0. The molecule has 0 aliphatic carbocycles. The summed E-state index contributed by atoms with van der Waals surface area (Å²) in [5.41, 5.74) is 2.72. The molecule has 0 bridgehead atoms. The molecule has 0 saturated heterocycles. The number of aryl methyl sites for hydroxylation is 1. The molecular weight excluding hydrogens is 328 g/mol. The summed E-state index contributed by atoms with van der Waals surface area (Å²) in [4.78, 5) is 16.3. The molecule has 1 amide bonds. The van der Waals surface area contributed by atoms with E-state index >= 15 is 0 Å². The van der Waals surface area contributed by atoms with E-state index in [4.69, 9.17) is 0 Å². The van der Waals surface area contributed by atoms with Crippen molar-refractivity contribution in [2.45, 2.75) is 33.0 Å². The molecule has 2 N–H and O–H groups in total. The van der Waals surface area contributed by atoms with Crippen LogP contribution in [0.2, 0.25) is 0 Å². The molecule has 3 aromatic rings. The van der Waals surface area contributed by atoms with E-state index in [1.807, 2.05) is 28.8 Å². The number of anilines is 1. The number of nitrogens with one attached hydrogen (secondary N) is 2. The summed E-state index contributed by atoms with van der Waals surface area (Å²) in [5, 5.41) is 14.2. The van der Waals surface area contributed by atoms with E-state index < -0.39 is 0 Å². The smallest absolute Gasteiger partial charge is 0.251 e. The van der Waals surface area contributed by atoms with Crippen molar-refractivity contribution in [2.24, 2.45) is 0 Å². The molecule has 7 heteroatoms. The highest BCUT2D eigenvalue weighted by atomic mass is 16.1. The van der Waals surface area contributed by atoms with E-state index in [1.165, 1.54) is 0 Å². The topological polar surface area (TPSA) is 84.7 Å². The summed E-state index contributed by atoms with van der Waals surface area (Å²) >= 11 is 0. The van der Waals surface area contributed by atoms with Gasteiger partial charge in [-0.15, -0.1) is 10.2 Å². The number of aromatic nitrogens is 4. The summed E-state index contributed by atoms with van der Waals surface area (Å²) in [6.07, 6.45) is 6.22. The zero-order chi connectivity index (χ0) is 18.2. The Balaban J connectivity index is 1.52. The van der Waals surface area contributed by atoms with Gasteiger partial charge in [0.25, 0.3) is 5.91 Å². The van der Waals surface area contributed by atoms with Crippen LogP contribution in [-0.4, -0.2) is 25.7 Å². The third-order valence-electron chi connectivity index (χ3n) is 3.96. The van der Waals surface area contributed by atoms with Gasteiger partial charge in [0.1, 0.15) is 6.33 Å². The van der Waals surface area contributed by atoms with Crippen molar-refractivity contribution in [3.63, 3.8) is 0 Å². The van der Waals surface area contributed by atoms with Crippen LogP contribution in [0.3, 0.4) is 0 Å². The van der Waals surface area contributed by atoms with E-state index in [9.17, 15) is 4.79 Å². The maximum absolute atomic E-state index is 12.3. The summed E-state index contributed by atoms with van der Waals surface area (Å²) in [5.74, 6) is 0.632. The fourth-order valence-electron chi connectivity index (χ4n) is 2.55. The zero-order valence-corrected chi connectivity index (χ0v) is 14.7. The fraction of sp³-hybridized carbons (Fsp3) is 0.263. The predicted octanol–water partition coefficient (Wildman–Crippen LogP) is 2.63. The van der Waals surface area contributed by atoms with Gasteiger partial charge in [-0.1, -0.05) is 6.92 Å². The Hall–Kier alpha value is -3.22. The second-order valence-corrected chi connectivity index (χ2v) is 5.91. The fourth-order valence-corrected chi connectivity index (χ4v) is 2.55. The lowest BCUT2D eigenvalue weighted by Crippen LogP contribution is -2.24. The molecule has 134 valence electrons. The summed E-state index contributed by atoms with van der Waals surface area (Å²) in [6, 6.07) is 11.3. The molecule has 0 unspecified atom stereocenters. The summed E-state index contributed by atoms with van der Waals surface area (Å²) < 4.78 is 1.95. The molecule has 0 aliphatic heterocycles. The highest BCUT2D eigenvalue weighted by Crippen LogP contribution is 2.11. The second-order valence-electron chi connectivity index (χ2n) is 5.91. The Labute approximate surface area is 152 Å². The van der Waals surface area contributed by atoms with Gasteiger partial charge < -0.3 is 15.2 Å². The lowest BCUT2D eigenvalue weighted by Gasteiger charge is -2.09. The van der Waals surface area contributed by atoms with Crippen LogP contribution < -0.4 is 10.6 Å². The number of amides is 1. The van der Waals surface area contributed by atoms with Gasteiger partial charge in [0, 0.05) is 36.7 Å². The first-order valence-electron chi connectivity index (χ1n) is 8.64. The van der Waals surface area contributed by atoms with Gasteiger partial charge in [0.2, 0.25) is 0 Å². The highest BCUT2D eigenvalue weighted by molar-refractivity contribution is 5.94. The maximum atomic E-state index is 12.3. The molecular formula is C19H22N6O. The molecule has 2 aromatic heterocycles. The molecule has 0 saturated carbocycles. The van der Waals surface area contributed by atoms with Crippen LogP contribution in [0.4, 0.5) is 5.69 Å². The van der Waals surface area contributed by atoms with Crippen LogP contribution in [0.15, 0.2) is 55.1 Å². The third kappa shape index (κ3) is 4.66. The standard InChI is InChI=1S/C19H22N6O/c1-2-11-25-14-23-24-18(25)13-22-19(26)16-3-5-17(6-4-16)21-12-15-7-9-20-10-8-15/h3-10,14,21H,2,11-13H2,1H3,(H,22,26). The number of carbonyl (C=O) groups excluding carboxylic acids is 1. The van der Waals surface area contributed by atoms with Crippen molar-refractivity contribution in [2.75, 3.05) is 5.32 Å². The average molecular weight is 350 g/mol. The van der Waals surface area contributed by atoms with Gasteiger partial charge in [-0.25, -0.2) is 0 Å². The monoisotopic (exact) mass is 350 g/mol. The van der Waals surface area contributed by atoms with Crippen LogP contribution >= 0.6 is 0 Å². The van der Waals surface area contributed by atoms with Crippen molar-refractivity contribution in [1.82, 2.24) is 25.1 Å². The van der Waals surface area contributed by atoms with Crippen LogP contribution in [-0.2, 0) is 19.6 Å². The van der Waals surface area contributed by atoms with Crippen molar-refractivity contribution >= 4 is 11.6 Å². The van der Waals surface area contributed by atoms with Crippen molar-refractivity contribution in [3.8, 4) is 0 Å². The molecule has 3 rings (SSSR count). The number of pyridine rings is 1. The predicted molar refractivity (Wildman–Crippen MR) is 99.5 cm³/mol. The number of nitrogens with zero attached hydrogens (tertiary/aromatic N) is 4. The third-order valence-corrected chi connectivity index (χ3v) is 3.96. The van der Waals surface area contributed by atoms with Crippen molar-refractivity contribution in [1.29, 1.82) is 0 Å². The minimum Gasteiger partial charge on any atom is -0.381 e. The molecule has 0 spiro atoms. The molecule has 2 heterocycles. The Morgan fingerprint density at radius 1 is 1.08 bits per heavy atom. The number of rotatable bonds is 8. The Bertz CT molecular complexity index is 829. The van der Waals surface area contributed by atoms with E-state index in [1.54, 1.807) is 30.9 Å². The second kappa shape index (κ2) is 8.75. The summed E-state index contributed by atoms with van der Waals surface area (Å²) in [6.45, 7) is 4.00. The minimum absolute atomic E-state index is 0.128. The van der Waals surface area contributed by atoms with Gasteiger partial charge in [-0.3, -0.25) is 9.78 Å². The zero-order valence-electron chi connectivity index (χ0n) is 14.7. The van der Waals surface area contributed by atoms with Crippen LogP contribution in [0.5, 0.6) is 0 Å². The van der Waals surface area contributed by atoms with Gasteiger partial charge in [0.05, 0.1) is 6.54 Å². The van der Waals surface area contributed by atoms with E-state index in [-0.39, 0.29) is 5.91 Å². The Kier molecular flexibility index (Phi) is 5.92. The van der Waals surface area contributed by atoms with E-state index in [2.05, 4.69) is 32.7 Å². The van der Waals surface area contributed by atoms with Crippen LogP contribution in [0, 0.1) is 0 Å². The number of carbonyl (C=O) groups is 1. The van der Waals surface area contributed by atoms with E-state index in [0.717, 1.165) is 30.0 Å².